The lowest BCUT2D eigenvalue weighted by Gasteiger charge is -2.05. The number of aromatic nitrogens is 1. The van der Waals surface area contributed by atoms with Crippen molar-refractivity contribution in [3.63, 3.8) is 0 Å². The van der Waals surface area contributed by atoms with E-state index in [0.717, 1.165) is 23.3 Å². The van der Waals surface area contributed by atoms with Gasteiger partial charge in [-0.1, -0.05) is 6.92 Å². The van der Waals surface area contributed by atoms with Crippen molar-refractivity contribution < 1.29 is 14.6 Å². The molecule has 0 saturated heterocycles. The van der Waals surface area contributed by atoms with Crippen molar-refractivity contribution in [1.29, 1.82) is 0 Å². The largest absolute Gasteiger partial charge is 0.491 e. The molecule has 2 heterocycles. The Kier molecular flexibility index (Phi) is 4.52. The lowest BCUT2D eigenvalue weighted by atomic mass is 10.2. The number of hydrogen-bond acceptors (Lipinski definition) is 4. The predicted octanol–water partition coefficient (Wildman–Crippen LogP) is 3.03. The number of ether oxygens (including phenoxy) is 1. The standard InChI is InChI=1S/C14H15NO3S/c1-2-11-9-12(13(19-11)14(16)17)18-8-5-10-3-6-15-7-4-10/h3-4,6-7,9H,2,5,8H2,1H3,(H,16,17). The first-order valence-corrected chi connectivity index (χ1v) is 6.90. The summed E-state index contributed by atoms with van der Waals surface area (Å²) in [6, 6.07) is 5.67. The summed E-state index contributed by atoms with van der Waals surface area (Å²) in [6.45, 7) is 2.46. The molecular weight excluding hydrogens is 262 g/mol. The van der Waals surface area contributed by atoms with Crippen LogP contribution in [0.1, 0.15) is 27.0 Å². The molecule has 0 aliphatic heterocycles. The zero-order valence-electron chi connectivity index (χ0n) is 10.6. The van der Waals surface area contributed by atoms with E-state index < -0.39 is 5.97 Å². The molecule has 19 heavy (non-hydrogen) atoms. The Morgan fingerprint density at radius 1 is 1.42 bits per heavy atom. The van der Waals surface area contributed by atoms with Gasteiger partial charge >= 0.3 is 5.97 Å². The van der Waals surface area contributed by atoms with Gasteiger partial charge in [0.1, 0.15) is 5.75 Å². The van der Waals surface area contributed by atoms with Crippen molar-refractivity contribution in [2.24, 2.45) is 0 Å². The number of carboxylic acids is 1. The second-order valence-electron chi connectivity index (χ2n) is 4.02. The number of thiophene rings is 1. The summed E-state index contributed by atoms with van der Waals surface area (Å²) >= 11 is 1.28. The monoisotopic (exact) mass is 277 g/mol. The summed E-state index contributed by atoms with van der Waals surface area (Å²) in [4.78, 5) is 16.4. The number of carboxylic acid groups (broad SMARTS) is 1. The average molecular weight is 277 g/mol. The zero-order chi connectivity index (χ0) is 13.7. The average Bonchev–Trinajstić information content (AvgIpc) is 2.83. The van der Waals surface area contributed by atoms with Crippen LogP contribution in [-0.4, -0.2) is 22.7 Å². The van der Waals surface area contributed by atoms with Crippen molar-refractivity contribution >= 4 is 17.3 Å². The molecule has 2 aromatic heterocycles. The Hall–Kier alpha value is -1.88. The summed E-state index contributed by atoms with van der Waals surface area (Å²) in [5.41, 5.74) is 1.12. The minimum atomic E-state index is -0.927. The first kappa shape index (κ1) is 13.5. The number of nitrogens with zero attached hydrogens (tertiary/aromatic N) is 1. The molecule has 0 saturated carbocycles. The third-order valence-electron chi connectivity index (χ3n) is 2.69. The smallest absolute Gasteiger partial charge is 0.349 e. The van der Waals surface area contributed by atoms with Crippen LogP contribution in [0.2, 0.25) is 0 Å². The molecule has 0 fully saturated rings. The second-order valence-corrected chi connectivity index (χ2v) is 5.16. The van der Waals surface area contributed by atoms with E-state index in [-0.39, 0.29) is 4.88 Å². The van der Waals surface area contributed by atoms with Crippen LogP contribution in [0, 0.1) is 0 Å². The van der Waals surface area contributed by atoms with Crippen molar-refractivity contribution in [3.8, 4) is 5.75 Å². The Morgan fingerprint density at radius 3 is 2.79 bits per heavy atom. The maximum Gasteiger partial charge on any atom is 0.349 e. The molecule has 2 aromatic rings. The molecule has 0 aliphatic rings. The number of rotatable bonds is 6. The van der Waals surface area contributed by atoms with E-state index in [2.05, 4.69) is 4.98 Å². The van der Waals surface area contributed by atoms with Crippen molar-refractivity contribution in [3.05, 3.63) is 45.9 Å². The Bertz CT molecular complexity index is 551. The Balaban J connectivity index is 1.99. The molecule has 0 spiro atoms. The van der Waals surface area contributed by atoms with Crippen LogP contribution in [-0.2, 0) is 12.8 Å². The third-order valence-corrected chi connectivity index (χ3v) is 3.94. The molecule has 2 rings (SSSR count). The van der Waals surface area contributed by atoms with Gasteiger partial charge in [0.25, 0.3) is 0 Å². The molecule has 4 nitrogen and oxygen atoms in total. The van der Waals surface area contributed by atoms with Crippen molar-refractivity contribution in [2.45, 2.75) is 19.8 Å². The fourth-order valence-electron chi connectivity index (χ4n) is 1.68. The number of pyridine rings is 1. The van der Waals surface area contributed by atoms with Crippen molar-refractivity contribution in [2.75, 3.05) is 6.61 Å². The van der Waals surface area contributed by atoms with E-state index in [0.29, 0.717) is 12.4 Å². The van der Waals surface area contributed by atoms with E-state index in [4.69, 9.17) is 9.84 Å². The van der Waals surface area contributed by atoms with E-state index >= 15 is 0 Å². The number of aryl methyl sites for hydroxylation is 1. The van der Waals surface area contributed by atoms with Gasteiger partial charge in [0.05, 0.1) is 6.61 Å². The van der Waals surface area contributed by atoms with Gasteiger partial charge in [-0.15, -0.1) is 11.3 Å². The minimum absolute atomic E-state index is 0.284. The molecule has 0 unspecified atom stereocenters. The molecule has 0 aromatic carbocycles. The molecule has 5 heteroatoms. The lowest BCUT2D eigenvalue weighted by molar-refractivity contribution is 0.0698. The molecule has 0 amide bonds. The molecule has 1 N–H and O–H groups in total. The fourth-order valence-corrected chi connectivity index (χ4v) is 2.56. The summed E-state index contributed by atoms with van der Waals surface area (Å²) in [7, 11) is 0. The Morgan fingerprint density at radius 2 is 2.16 bits per heavy atom. The fraction of sp³-hybridized carbons (Fsp3) is 0.286. The molecule has 0 radical (unpaired) electrons. The third kappa shape index (κ3) is 3.54. The van der Waals surface area contributed by atoms with E-state index in [1.165, 1.54) is 11.3 Å². The SMILES string of the molecule is CCc1cc(OCCc2ccncc2)c(C(=O)O)s1. The second kappa shape index (κ2) is 6.33. The maximum absolute atomic E-state index is 11.1. The van der Waals surface area contributed by atoms with E-state index in [9.17, 15) is 4.79 Å². The first-order chi connectivity index (χ1) is 9.20. The molecule has 0 atom stereocenters. The number of carbonyl (C=O) groups is 1. The van der Waals surface area contributed by atoms with Crippen LogP contribution in [0.3, 0.4) is 0 Å². The summed E-state index contributed by atoms with van der Waals surface area (Å²) in [6.07, 6.45) is 5.02. The van der Waals surface area contributed by atoms with Crippen LogP contribution in [0.15, 0.2) is 30.6 Å². The zero-order valence-corrected chi connectivity index (χ0v) is 11.4. The van der Waals surface area contributed by atoms with Gasteiger partial charge in [-0.2, -0.15) is 0 Å². The highest BCUT2D eigenvalue weighted by Crippen LogP contribution is 2.29. The summed E-state index contributed by atoms with van der Waals surface area (Å²) in [5.74, 6) is -0.452. The van der Waals surface area contributed by atoms with Gasteiger partial charge in [-0.3, -0.25) is 4.98 Å². The molecular formula is C14H15NO3S. The van der Waals surface area contributed by atoms with Crippen LogP contribution >= 0.6 is 11.3 Å². The van der Waals surface area contributed by atoms with Crippen LogP contribution in [0.4, 0.5) is 0 Å². The van der Waals surface area contributed by atoms with Gasteiger partial charge in [0, 0.05) is 23.7 Å². The minimum Gasteiger partial charge on any atom is -0.491 e. The highest BCUT2D eigenvalue weighted by molar-refractivity contribution is 7.14. The highest BCUT2D eigenvalue weighted by atomic mass is 32.1. The molecule has 0 bridgehead atoms. The highest BCUT2D eigenvalue weighted by Gasteiger charge is 2.15. The van der Waals surface area contributed by atoms with Crippen LogP contribution < -0.4 is 4.74 Å². The van der Waals surface area contributed by atoms with Gasteiger partial charge in [-0.25, -0.2) is 4.79 Å². The lowest BCUT2D eigenvalue weighted by Crippen LogP contribution is -2.04. The van der Waals surface area contributed by atoms with E-state index in [1.807, 2.05) is 25.1 Å². The topological polar surface area (TPSA) is 59.4 Å². The van der Waals surface area contributed by atoms with Gasteiger partial charge < -0.3 is 9.84 Å². The first-order valence-electron chi connectivity index (χ1n) is 6.08. The predicted molar refractivity (Wildman–Crippen MR) is 74.1 cm³/mol. The normalized spacial score (nSPS) is 10.4. The number of aromatic carboxylic acids is 1. The van der Waals surface area contributed by atoms with Gasteiger partial charge in [0.15, 0.2) is 4.88 Å². The number of hydrogen-bond donors (Lipinski definition) is 1. The maximum atomic E-state index is 11.1. The Labute approximate surface area is 115 Å². The summed E-state index contributed by atoms with van der Waals surface area (Å²) < 4.78 is 5.59. The summed E-state index contributed by atoms with van der Waals surface area (Å²) in [5, 5.41) is 9.11. The van der Waals surface area contributed by atoms with Gasteiger partial charge in [0.2, 0.25) is 0 Å². The molecule has 100 valence electrons. The van der Waals surface area contributed by atoms with Gasteiger partial charge in [-0.05, 0) is 30.2 Å². The van der Waals surface area contributed by atoms with Crippen LogP contribution in [0.25, 0.3) is 0 Å². The quantitative estimate of drug-likeness (QED) is 0.881. The van der Waals surface area contributed by atoms with Crippen molar-refractivity contribution in [1.82, 2.24) is 4.98 Å². The van der Waals surface area contributed by atoms with Crippen LogP contribution in [0.5, 0.6) is 5.75 Å². The van der Waals surface area contributed by atoms with E-state index in [1.54, 1.807) is 12.4 Å². The molecule has 0 aliphatic carbocycles.